The molecule has 2 aliphatic rings. The number of Topliss-reactive ketones (excluding diaryl/α,β-unsaturated/α-hetero) is 1. The highest BCUT2D eigenvalue weighted by Gasteiger charge is 2.31. The molecule has 0 unspecified atom stereocenters. The van der Waals surface area contributed by atoms with Gasteiger partial charge in [0.2, 0.25) is 0 Å². The number of thiazole rings is 1. The third kappa shape index (κ3) is 5.95. The molecule has 0 spiro atoms. The van der Waals surface area contributed by atoms with Crippen LogP contribution in [-0.2, 0) is 25.8 Å². The van der Waals surface area contributed by atoms with E-state index in [-0.39, 0.29) is 22.5 Å². The van der Waals surface area contributed by atoms with Gasteiger partial charge in [-0.3, -0.25) is 14.9 Å². The molecule has 0 bridgehead atoms. The highest BCUT2D eigenvalue weighted by atomic mass is 32.2. The van der Waals surface area contributed by atoms with Crippen LogP contribution >= 0.6 is 11.3 Å². The van der Waals surface area contributed by atoms with Crippen molar-refractivity contribution >= 4 is 55.5 Å². The molecule has 40 heavy (non-hydrogen) atoms. The number of aromatic amines is 1. The maximum absolute atomic E-state index is 13.4. The minimum Gasteiger partial charge on any atom is -0.481 e. The summed E-state index contributed by atoms with van der Waals surface area (Å²) in [5, 5.41) is 25.7. The summed E-state index contributed by atoms with van der Waals surface area (Å²) in [5.41, 5.74) is 1.25. The minimum absolute atomic E-state index is 0.0469. The Hall–Kier alpha value is -3.96. The Kier molecular flexibility index (Phi) is 8.04. The van der Waals surface area contributed by atoms with Crippen molar-refractivity contribution in [2.45, 2.75) is 41.5 Å². The zero-order valence-corrected chi connectivity index (χ0v) is 22.8. The molecule has 15 nitrogen and oxygen atoms in total. The number of carboxylic acid groups (broad SMARTS) is 1. The lowest BCUT2D eigenvalue weighted by Gasteiger charge is -2.29. The van der Waals surface area contributed by atoms with Gasteiger partial charge < -0.3 is 20.1 Å². The highest BCUT2D eigenvalue weighted by Crippen LogP contribution is 2.34. The summed E-state index contributed by atoms with van der Waals surface area (Å²) in [7, 11) is -4.34. The first-order valence-corrected chi connectivity index (χ1v) is 14.8. The summed E-state index contributed by atoms with van der Waals surface area (Å²) < 4.78 is 30.8. The summed E-state index contributed by atoms with van der Waals surface area (Å²) in [6.45, 7) is 2.52. The van der Waals surface area contributed by atoms with Crippen molar-refractivity contribution in [1.82, 2.24) is 25.6 Å². The number of nitrogens with zero attached hydrogens (tertiary/aromatic N) is 5. The van der Waals surface area contributed by atoms with Crippen LogP contribution in [0.2, 0.25) is 0 Å². The number of anilines is 3. The molecule has 2 amide bonds. The van der Waals surface area contributed by atoms with Crippen molar-refractivity contribution in [2.24, 2.45) is 5.92 Å². The van der Waals surface area contributed by atoms with E-state index in [0.717, 1.165) is 31.4 Å². The number of benzene rings is 1. The van der Waals surface area contributed by atoms with Crippen LogP contribution in [0.25, 0.3) is 0 Å². The third-order valence-electron chi connectivity index (χ3n) is 6.63. The average Bonchev–Trinajstić information content (AvgIpc) is 3.71. The average molecular weight is 591 g/mol. The number of aliphatic carboxylic acids is 1. The smallest absolute Gasteiger partial charge is 0.325 e. The largest absolute Gasteiger partial charge is 0.481 e. The van der Waals surface area contributed by atoms with Crippen LogP contribution < -0.4 is 15.5 Å². The Morgan fingerprint density at radius 1 is 1.15 bits per heavy atom. The van der Waals surface area contributed by atoms with Gasteiger partial charge in [0.15, 0.2) is 15.1 Å². The molecule has 1 saturated carbocycles. The molecule has 17 heteroatoms. The second kappa shape index (κ2) is 11.6. The van der Waals surface area contributed by atoms with E-state index in [9.17, 15) is 27.9 Å². The zero-order chi connectivity index (χ0) is 28.3. The number of hydrogen-bond donors (Lipinski definition) is 4. The summed E-state index contributed by atoms with van der Waals surface area (Å²) >= 11 is 0.556. The van der Waals surface area contributed by atoms with Gasteiger partial charge in [-0.2, -0.15) is 5.21 Å². The van der Waals surface area contributed by atoms with Crippen molar-refractivity contribution in [2.75, 3.05) is 41.8 Å². The number of carboxylic acids is 1. The lowest BCUT2D eigenvalue weighted by molar-refractivity contribution is -0.136. The standard InChI is InChI=1S/C23H26N8O7S2/c32-18(33)12-17-20(40(36,37)23-27-29-30-28-23)39-22(25-17)26-21(35)24-16-6-5-14(31-7-9-38-10-8-31)11-15(16)19(34)13-3-1-2-4-13/h5-6,11,13H,1-4,7-10,12H2,(H,32,33)(H2,24,25,26,35)(H,27,28,29,30). The molecule has 0 atom stereocenters. The van der Waals surface area contributed by atoms with Gasteiger partial charge in [-0.05, 0) is 36.3 Å². The molecule has 212 valence electrons. The van der Waals surface area contributed by atoms with Crippen LogP contribution in [0.3, 0.4) is 0 Å². The van der Waals surface area contributed by atoms with E-state index < -0.39 is 37.6 Å². The van der Waals surface area contributed by atoms with E-state index in [1.165, 1.54) is 0 Å². The molecule has 1 aliphatic heterocycles. The number of hydrogen-bond acceptors (Lipinski definition) is 12. The molecule has 2 aromatic heterocycles. The van der Waals surface area contributed by atoms with Gasteiger partial charge in [0.05, 0.1) is 31.0 Å². The van der Waals surface area contributed by atoms with Gasteiger partial charge in [0.1, 0.15) is 0 Å². The second-order valence-corrected chi connectivity index (χ2v) is 12.3. The molecule has 0 radical (unpaired) electrons. The van der Waals surface area contributed by atoms with Crippen LogP contribution in [0, 0.1) is 5.92 Å². The molecule has 5 rings (SSSR count). The minimum atomic E-state index is -4.34. The Morgan fingerprint density at radius 2 is 1.90 bits per heavy atom. The van der Waals surface area contributed by atoms with Crippen molar-refractivity contribution in [3.63, 3.8) is 0 Å². The summed E-state index contributed by atoms with van der Waals surface area (Å²) in [4.78, 5) is 43.9. The molecule has 1 saturated heterocycles. The van der Waals surface area contributed by atoms with Gasteiger partial charge >= 0.3 is 12.0 Å². The predicted molar refractivity (Wildman–Crippen MR) is 141 cm³/mol. The Morgan fingerprint density at radius 3 is 2.58 bits per heavy atom. The topological polar surface area (TPSA) is 209 Å². The van der Waals surface area contributed by atoms with Gasteiger partial charge in [-0.25, -0.2) is 18.2 Å². The quantitative estimate of drug-likeness (QED) is 0.264. The van der Waals surface area contributed by atoms with Crippen LogP contribution in [0.4, 0.5) is 21.3 Å². The number of carbonyl (C=O) groups is 3. The van der Waals surface area contributed by atoms with Crippen LogP contribution in [0.5, 0.6) is 0 Å². The number of carbonyl (C=O) groups excluding carboxylic acids is 2. The number of H-pyrrole nitrogens is 1. The number of amides is 2. The lowest BCUT2D eigenvalue weighted by atomic mass is 9.94. The third-order valence-corrected chi connectivity index (χ3v) is 9.72. The van der Waals surface area contributed by atoms with Crippen LogP contribution in [0.15, 0.2) is 27.6 Å². The van der Waals surface area contributed by atoms with Gasteiger partial charge in [0.25, 0.3) is 15.0 Å². The maximum atomic E-state index is 13.4. The molecule has 1 aliphatic carbocycles. The van der Waals surface area contributed by atoms with Crippen molar-refractivity contribution in [3.05, 3.63) is 29.5 Å². The second-order valence-electron chi connectivity index (χ2n) is 9.28. The van der Waals surface area contributed by atoms with E-state index in [1.807, 2.05) is 6.07 Å². The SMILES string of the molecule is O=C(O)Cc1nc(NC(=O)Nc2ccc(N3CCOCC3)cc2C(=O)C2CCCC2)sc1S(=O)(=O)c1nn[nH]n1. The fraction of sp³-hybridized carbons (Fsp3) is 0.435. The fourth-order valence-electron chi connectivity index (χ4n) is 4.73. The Balaban J connectivity index is 1.40. The first kappa shape index (κ1) is 27.6. The Bertz CT molecular complexity index is 1510. The van der Waals surface area contributed by atoms with Gasteiger partial charge in [-0.1, -0.05) is 29.3 Å². The highest BCUT2D eigenvalue weighted by molar-refractivity contribution is 7.93. The van der Waals surface area contributed by atoms with E-state index >= 15 is 0 Å². The number of ketones is 1. The monoisotopic (exact) mass is 590 g/mol. The number of rotatable bonds is 9. The van der Waals surface area contributed by atoms with Gasteiger partial charge in [0, 0.05) is 30.3 Å². The molecule has 3 aromatic rings. The zero-order valence-electron chi connectivity index (χ0n) is 21.1. The number of ether oxygens (including phenoxy) is 1. The molecular formula is C23H26N8O7S2. The van der Waals surface area contributed by atoms with Gasteiger partial charge in [-0.15, -0.1) is 5.10 Å². The van der Waals surface area contributed by atoms with E-state index in [0.29, 0.717) is 48.9 Å². The van der Waals surface area contributed by atoms with E-state index in [2.05, 4.69) is 41.1 Å². The summed E-state index contributed by atoms with van der Waals surface area (Å²) in [6, 6.07) is 4.48. The number of nitrogens with one attached hydrogen (secondary N) is 3. The molecule has 1 aromatic carbocycles. The number of aromatic nitrogens is 5. The predicted octanol–water partition coefficient (Wildman–Crippen LogP) is 1.97. The number of urea groups is 1. The molecule has 2 fully saturated rings. The van der Waals surface area contributed by atoms with Crippen molar-refractivity contribution in [3.8, 4) is 0 Å². The fourth-order valence-corrected chi connectivity index (χ4v) is 7.24. The molecule has 3 heterocycles. The van der Waals surface area contributed by atoms with E-state index in [4.69, 9.17) is 4.74 Å². The lowest BCUT2D eigenvalue weighted by Crippen LogP contribution is -2.36. The number of sulfone groups is 1. The Labute approximate surface area is 232 Å². The van der Waals surface area contributed by atoms with Crippen molar-refractivity contribution < 1.29 is 32.6 Å². The van der Waals surface area contributed by atoms with Crippen molar-refractivity contribution in [1.29, 1.82) is 0 Å². The first-order chi connectivity index (χ1) is 19.2. The number of morpholine rings is 1. The van der Waals surface area contributed by atoms with E-state index in [1.54, 1.807) is 12.1 Å². The summed E-state index contributed by atoms with van der Waals surface area (Å²) in [6.07, 6.45) is 2.81. The summed E-state index contributed by atoms with van der Waals surface area (Å²) in [5.74, 6) is -1.49. The first-order valence-electron chi connectivity index (χ1n) is 12.5. The number of tetrazole rings is 1. The molecular weight excluding hydrogens is 564 g/mol. The molecule has 4 N–H and O–H groups in total. The van der Waals surface area contributed by atoms with Crippen LogP contribution in [-0.4, -0.2) is 83.2 Å². The van der Waals surface area contributed by atoms with Crippen LogP contribution in [0.1, 0.15) is 41.7 Å². The normalized spacial score (nSPS) is 16.1. The maximum Gasteiger partial charge on any atom is 0.325 e.